The van der Waals surface area contributed by atoms with E-state index in [4.69, 9.17) is 19.1 Å². The van der Waals surface area contributed by atoms with Crippen LogP contribution in [0.3, 0.4) is 0 Å². The molecule has 0 aliphatic heterocycles. The number of nitrogens with zero attached hydrogens (tertiary/aromatic N) is 3. The number of aryl methyl sites for hydroxylation is 1. The van der Waals surface area contributed by atoms with Crippen LogP contribution in [0.1, 0.15) is 41.4 Å². The number of carbonyl (C=O) groups excluding carboxylic acids is 1. The SMILES string of the molecule is CCCCOc1ccc(-c2nn(-c3ccccc3)cc2CNC(=O)c2cc(-c3ccc(OC)cc3)on2)cc1C. The van der Waals surface area contributed by atoms with Crippen molar-refractivity contribution >= 4 is 5.91 Å². The number of hydrogen-bond donors (Lipinski definition) is 1. The Balaban J connectivity index is 1.37. The fourth-order valence-corrected chi connectivity index (χ4v) is 4.32. The van der Waals surface area contributed by atoms with Crippen molar-refractivity contribution in [2.75, 3.05) is 13.7 Å². The van der Waals surface area contributed by atoms with Gasteiger partial charge in [-0.25, -0.2) is 4.68 Å². The number of para-hydroxylation sites is 1. The number of nitrogens with one attached hydrogen (secondary N) is 1. The van der Waals surface area contributed by atoms with Crippen LogP contribution in [0.5, 0.6) is 11.5 Å². The van der Waals surface area contributed by atoms with E-state index in [2.05, 4.69) is 23.5 Å². The molecule has 0 bridgehead atoms. The Morgan fingerprint density at radius 2 is 1.77 bits per heavy atom. The second-order valence-electron chi connectivity index (χ2n) is 9.45. The molecule has 0 spiro atoms. The van der Waals surface area contributed by atoms with Crippen LogP contribution in [0.25, 0.3) is 28.3 Å². The number of carbonyl (C=O) groups is 1. The highest BCUT2D eigenvalue weighted by Crippen LogP contribution is 2.29. The maximum Gasteiger partial charge on any atom is 0.273 e. The second kappa shape index (κ2) is 12.3. The van der Waals surface area contributed by atoms with Crippen molar-refractivity contribution in [1.29, 1.82) is 0 Å². The van der Waals surface area contributed by atoms with E-state index in [1.165, 1.54) is 0 Å². The number of aromatic nitrogens is 3. The predicted molar refractivity (Wildman–Crippen MR) is 154 cm³/mol. The minimum absolute atomic E-state index is 0.201. The van der Waals surface area contributed by atoms with Crippen molar-refractivity contribution in [3.8, 4) is 39.8 Å². The summed E-state index contributed by atoms with van der Waals surface area (Å²) < 4.78 is 18.4. The number of benzene rings is 3. The third kappa shape index (κ3) is 6.07. The summed E-state index contributed by atoms with van der Waals surface area (Å²) in [6.07, 6.45) is 4.04. The lowest BCUT2D eigenvalue weighted by atomic mass is 10.0. The Morgan fingerprint density at radius 3 is 2.50 bits per heavy atom. The van der Waals surface area contributed by atoms with Gasteiger partial charge in [-0.2, -0.15) is 5.10 Å². The molecular weight excluding hydrogens is 504 g/mol. The zero-order valence-electron chi connectivity index (χ0n) is 22.9. The molecule has 0 saturated carbocycles. The molecule has 2 heterocycles. The largest absolute Gasteiger partial charge is 0.497 e. The first-order valence-corrected chi connectivity index (χ1v) is 13.3. The van der Waals surface area contributed by atoms with Gasteiger partial charge in [0, 0.05) is 35.5 Å². The lowest BCUT2D eigenvalue weighted by Crippen LogP contribution is -2.23. The van der Waals surface area contributed by atoms with Gasteiger partial charge in [0.15, 0.2) is 11.5 Å². The molecule has 3 aromatic carbocycles. The van der Waals surface area contributed by atoms with Crippen molar-refractivity contribution in [2.45, 2.75) is 33.2 Å². The minimum atomic E-state index is -0.335. The maximum atomic E-state index is 13.0. The van der Waals surface area contributed by atoms with Crippen molar-refractivity contribution < 1.29 is 18.8 Å². The average molecular weight is 537 g/mol. The van der Waals surface area contributed by atoms with Crippen molar-refractivity contribution in [1.82, 2.24) is 20.3 Å². The Morgan fingerprint density at radius 1 is 1.00 bits per heavy atom. The van der Waals surface area contributed by atoms with Crippen LogP contribution in [0.2, 0.25) is 0 Å². The Kier molecular flexibility index (Phi) is 8.25. The summed E-state index contributed by atoms with van der Waals surface area (Å²) in [5.41, 5.74) is 5.57. The number of methoxy groups -OCH3 is 1. The highest BCUT2D eigenvalue weighted by atomic mass is 16.5. The number of unbranched alkanes of at least 4 members (excludes halogenated alkanes) is 1. The Bertz CT molecular complexity index is 1570. The molecule has 0 aliphatic rings. The summed E-state index contributed by atoms with van der Waals surface area (Å²) in [6.45, 7) is 5.13. The third-order valence-electron chi connectivity index (χ3n) is 6.57. The van der Waals surface area contributed by atoms with Gasteiger partial charge < -0.3 is 19.3 Å². The van der Waals surface area contributed by atoms with E-state index >= 15 is 0 Å². The molecule has 1 N–H and O–H groups in total. The lowest BCUT2D eigenvalue weighted by Gasteiger charge is -2.10. The predicted octanol–water partition coefficient (Wildman–Crippen LogP) is 6.62. The van der Waals surface area contributed by atoms with Gasteiger partial charge in [-0.3, -0.25) is 4.79 Å². The van der Waals surface area contributed by atoms with Gasteiger partial charge in [0.1, 0.15) is 11.5 Å². The zero-order chi connectivity index (χ0) is 27.9. The summed E-state index contributed by atoms with van der Waals surface area (Å²) in [5, 5.41) is 11.8. The number of ether oxygens (including phenoxy) is 2. The molecule has 0 aliphatic carbocycles. The summed E-state index contributed by atoms with van der Waals surface area (Å²) in [6, 6.07) is 25.0. The fraction of sp³-hybridized carbons (Fsp3) is 0.219. The maximum absolute atomic E-state index is 13.0. The molecule has 0 fully saturated rings. The average Bonchev–Trinajstić information content (AvgIpc) is 3.66. The first-order valence-electron chi connectivity index (χ1n) is 13.3. The summed E-state index contributed by atoms with van der Waals surface area (Å²) in [4.78, 5) is 13.0. The molecule has 0 atom stereocenters. The van der Waals surface area contributed by atoms with E-state index in [-0.39, 0.29) is 18.1 Å². The molecule has 1 amide bonds. The van der Waals surface area contributed by atoms with E-state index < -0.39 is 0 Å². The van der Waals surface area contributed by atoms with Crippen molar-refractivity contribution in [3.63, 3.8) is 0 Å². The smallest absolute Gasteiger partial charge is 0.273 e. The molecular formula is C32H32N4O4. The summed E-state index contributed by atoms with van der Waals surface area (Å²) in [5.74, 6) is 1.77. The van der Waals surface area contributed by atoms with Gasteiger partial charge >= 0.3 is 0 Å². The molecule has 2 aromatic heterocycles. The Labute approximate surface area is 233 Å². The number of amides is 1. The molecule has 8 nitrogen and oxygen atoms in total. The van der Waals surface area contributed by atoms with Crippen molar-refractivity contribution in [3.05, 3.63) is 102 Å². The first kappa shape index (κ1) is 26.7. The zero-order valence-corrected chi connectivity index (χ0v) is 22.9. The summed E-state index contributed by atoms with van der Waals surface area (Å²) in [7, 11) is 1.61. The van der Waals surface area contributed by atoms with Crippen LogP contribution >= 0.6 is 0 Å². The van der Waals surface area contributed by atoms with Gasteiger partial charge in [0.2, 0.25) is 0 Å². The fourth-order valence-electron chi connectivity index (χ4n) is 4.32. The second-order valence-corrected chi connectivity index (χ2v) is 9.45. The molecule has 8 heteroatoms. The van der Waals surface area contributed by atoms with Crippen LogP contribution in [0.4, 0.5) is 0 Å². The molecule has 40 heavy (non-hydrogen) atoms. The molecule has 5 aromatic rings. The molecule has 5 rings (SSSR count). The van der Waals surface area contributed by atoms with Crippen LogP contribution < -0.4 is 14.8 Å². The van der Waals surface area contributed by atoms with Crippen LogP contribution in [-0.2, 0) is 6.54 Å². The third-order valence-corrected chi connectivity index (χ3v) is 6.57. The standard InChI is InChI=1S/C32H32N4O4/c1-4-5-17-39-29-16-13-24(18-22(29)2)31-25(21-36(34-31)26-9-7-6-8-10-26)20-33-32(37)28-19-30(40-35-28)23-11-14-27(38-3)15-12-23/h6-16,18-19,21H,4-5,17,20H2,1-3H3,(H,33,37). The molecule has 204 valence electrons. The van der Waals surface area contributed by atoms with Crippen LogP contribution in [-0.4, -0.2) is 34.6 Å². The van der Waals surface area contributed by atoms with Gasteiger partial charge in [-0.1, -0.05) is 36.7 Å². The molecule has 0 radical (unpaired) electrons. The topological polar surface area (TPSA) is 91.4 Å². The van der Waals surface area contributed by atoms with Gasteiger partial charge in [0.05, 0.1) is 25.1 Å². The molecule has 0 unspecified atom stereocenters. The highest BCUT2D eigenvalue weighted by molar-refractivity contribution is 5.93. The van der Waals surface area contributed by atoms with Crippen molar-refractivity contribution in [2.24, 2.45) is 0 Å². The van der Waals surface area contributed by atoms with Gasteiger partial charge in [-0.05, 0) is 73.5 Å². The lowest BCUT2D eigenvalue weighted by molar-refractivity contribution is 0.0942. The minimum Gasteiger partial charge on any atom is -0.497 e. The monoisotopic (exact) mass is 536 g/mol. The highest BCUT2D eigenvalue weighted by Gasteiger charge is 2.18. The summed E-state index contributed by atoms with van der Waals surface area (Å²) >= 11 is 0. The number of hydrogen-bond acceptors (Lipinski definition) is 6. The van der Waals surface area contributed by atoms with E-state index in [0.29, 0.717) is 12.4 Å². The van der Waals surface area contributed by atoms with E-state index in [1.807, 2.05) is 84.5 Å². The van der Waals surface area contributed by atoms with Crippen LogP contribution in [0.15, 0.2) is 89.6 Å². The Hall–Kier alpha value is -4.85. The molecule has 0 saturated heterocycles. The normalized spacial score (nSPS) is 10.9. The van der Waals surface area contributed by atoms with Gasteiger partial charge in [-0.15, -0.1) is 0 Å². The quantitative estimate of drug-likeness (QED) is 0.191. The van der Waals surface area contributed by atoms with E-state index in [1.54, 1.807) is 13.2 Å². The first-order chi connectivity index (χ1) is 19.6. The van der Waals surface area contributed by atoms with E-state index in [0.717, 1.165) is 58.0 Å². The number of rotatable bonds is 11. The van der Waals surface area contributed by atoms with E-state index in [9.17, 15) is 4.79 Å². The van der Waals surface area contributed by atoms with Crippen LogP contribution in [0, 0.1) is 6.92 Å². The van der Waals surface area contributed by atoms with Gasteiger partial charge in [0.25, 0.3) is 5.91 Å².